The molecule has 0 atom stereocenters. The first kappa shape index (κ1) is 13.5. The molecule has 21 heavy (non-hydrogen) atoms. The molecule has 0 unspecified atom stereocenters. The fraction of sp³-hybridized carbons (Fsp3) is 0.176. The van der Waals surface area contributed by atoms with E-state index < -0.39 is 0 Å². The van der Waals surface area contributed by atoms with E-state index in [0.29, 0.717) is 5.82 Å². The summed E-state index contributed by atoms with van der Waals surface area (Å²) in [5.74, 6) is 1.39. The van der Waals surface area contributed by atoms with Crippen molar-refractivity contribution in [2.45, 2.75) is 20.0 Å². The molecule has 0 saturated carbocycles. The van der Waals surface area contributed by atoms with Gasteiger partial charge in [-0.15, -0.1) is 0 Å². The SMILES string of the molecule is Cc1nc(-c2ccc(Cc3ccccc3)cc2CO)n[nH]1. The molecule has 0 aliphatic heterocycles. The Morgan fingerprint density at radius 3 is 2.52 bits per heavy atom. The van der Waals surface area contributed by atoms with Crippen molar-refractivity contribution in [3.63, 3.8) is 0 Å². The number of aromatic nitrogens is 3. The number of nitrogens with zero attached hydrogens (tertiary/aromatic N) is 2. The first-order valence-electron chi connectivity index (χ1n) is 6.92. The Morgan fingerprint density at radius 1 is 1.05 bits per heavy atom. The van der Waals surface area contributed by atoms with Gasteiger partial charge in [0.2, 0.25) is 0 Å². The van der Waals surface area contributed by atoms with Gasteiger partial charge in [0.15, 0.2) is 5.82 Å². The zero-order valence-corrected chi connectivity index (χ0v) is 11.9. The zero-order valence-electron chi connectivity index (χ0n) is 11.9. The van der Waals surface area contributed by atoms with Crippen molar-refractivity contribution in [2.24, 2.45) is 0 Å². The van der Waals surface area contributed by atoms with Crippen LogP contribution in [0.4, 0.5) is 0 Å². The second-order valence-electron chi connectivity index (χ2n) is 5.06. The second-order valence-corrected chi connectivity index (χ2v) is 5.06. The molecule has 0 aliphatic carbocycles. The number of aryl methyl sites for hydroxylation is 1. The molecule has 0 spiro atoms. The lowest BCUT2D eigenvalue weighted by Gasteiger charge is -2.08. The largest absolute Gasteiger partial charge is 0.392 e. The summed E-state index contributed by atoms with van der Waals surface area (Å²) in [5, 5.41) is 16.6. The van der Waals surface area contributed by atoms with E-state index in [1.807, 2.05) is 37.3 Å². The predicted molar refractivity (Wildman–Crippen MR) is 81.7 cm³/mol. The van der Waals surface area contributed by atoms with Crippen LogP contribution < -0.4 is 0 Å². The predicted octanol–water partition coefficient (Wildman–Crippen LogP) is 2.86. The van der Waals surface area contributed by atoms with Crippen LogP contribution >= 0.6 is 0 Å². The maximum Gasteiger partial charge on any atom is 0.181 e. The summed E-state index contributed by atoms with van der Waals surface area (Å²) in [4.78, 5) is 4.33. The van der Waals surface area contributed by atoms with Gasteiger partial charge >= 0.3 is 0 Å². The minimum Gasteiger partial charge on any atom is -0.392 e. The van der Waals surface area contributed by atoms with E-state index in [2.05, 4.69) is 33.4 Å². The third-order valence-corrected chi connectivity index (χ3v) is 3.43. The van der Waals surface area contributed by atoms with Crippen LogP contribution in [0.2, 0.25) is 0 Å². The zero-order chi connectivity index (χ0) is 14.7. The molecule has 0 aliphatic rings. The molecule has 0 bridgehead atoms. The molecular formula is C17H17N3O. The van der Waals surface area contributed by atoms with Gasteiger partial charge in [-0.1, -0.05) is 48.5 Å². The summed E-state index contributed by atoms with van der Waals surface area (Å²) in [6.45, 7) is 1.84. The van der Waals surface area contributed by atoms with Gasteiger partial charge in [0.25, 0.3) is 0 Å². The number of H-pyrrole nitrogens is 1. The second kappa shape index (κ2) is 5.89. The lowest BCUT2D eigenvalue weighted by molar-refractivity contribution is 0.282. The summed E-state index contributed by atoms with van der Waals surface area (Å²) >= 11 is 0. The Morgan fingerprint density at radius 2 is 1.86 bits per heavy atom. The molecule has 106 valence electrons. The third-order valence-electron chi connectivity index (χ3n) is 3.43. The summed E-state index contributed by atoms with van der Waals surface area (Å²) in [7, 11) is 0. The van der Waals surface area contributed by atoms with Gasteiger partial charge in [-0.05, 0) is 30.0 Å². The normalized spacial score (nSPS) is 10.8. The highest BCUT2D eigenvalue weighted by Crippen LogP contribution is 2.23. The van der Waals surface area contributed by atoms with E-state index in [-0.39, 0.29) is 6.61 Å². The van der Waals surface area contributed by atoms with Crippen molar-refractivity contribution in [3.05, 3.63) is 71.0 Å². The molecule has 2 N–H and O–H groups in total. The van der Waals surface area contributed by atoms with Crippen molar-refractivity contribution >= 4 is 0 Å². The topological polar surface area (TPSA) is 61.8 Å². The van der Waals surface area contributed by atoms with E-state index in [1.165, 1.54) is 11.1 Å². The molecule has 1 heterocycles. The molecule has 3 aromatic rings. The van der Waals surface area contributed by atoms with Crippen LogP contribution in [0.25, 0.3) is 11.4 Å². The first-order chi connectivity index (χ1) is 10.3. The van der Waals surface area contributed by atoms with Crippen LogP contribution in [-0.2, 0) is 13.0 Å². The molecule has 0 amide bonds. The van der Waals surface area contributed by atoms with Crippen molar-refractivity contribution in [3.8, 4) is 11.4 Å². The smallest absolute Gasteiger partial charge is 0.181 e. The number of rotatable bonds is 4. The standard InChI is InChI=1S/C17H17N3O/c1-12-18-17(20-19-12)16-8-7-14(10-15(16)11-21)9-13-5-3-2-4-6-13/h2-8,10,21H,9,11H2,1H3,(H,18,19,20). The fourth-order valence-corrected chi connectivity index (χ4v) is 2.40. The van der Waals surface area contributed by atoms with Crippen LogP contribution in [-0.4, -0.2) is 20.3 Å². The molecule has 0 fully saturated rings. The number of nitrogens with one attached hydrogen (secondary N) is 1. The van der Waals surface area contributed by atoms with Crippen LogP contribution in [0.3, 0.4) is 0 Å². The molecule has 2 aromatic carbocycles. The van der Waals surface area contributed by atoms with Crippen LogP contribution in [0.5, 0.6) is 0 Å². The van der Waals surface area contributed by atoms with E-state index in [9.17, 15) is 5.11 Å². The Bertz CT molecular complexity index is 735. The Balaban J connectivity index is 1.92. The molecule has 3 rings (SSSR count). The lowest BCUT2D eigenvalue weighted by Crippen LogP contribution is -1.95. The van der Waals surface area contributed by atoms with Crippen molar-refractivity contribution < 1.29 is 5.11 Å². The Labute approximate surface area is 123 Å². The van der Waals surface area contributed by atoms with E-state index in [0.717, 1.165) is 23.4 Å². The highest BCUT2D eigenvalue weighted by molar-refractivity contribution is 5.60. The van der Waals surface area contributed by atoms with Crippen molar-refractivity contribution in [2.75, 3.05) is 0 Å². The maximum absolute atomic E-state index is 9.61. The van der Waals surface area contributed by atoms with E-state index in [1.54, 1.807) is 0 Å². The highest BCUT2D eigenvalue weighted by Gasteiger charge is 2.10. The van der Waals surface area contributed by atoms with Crippen molar-refractivity contribution in [1.29, 1.82) is 0 Å². The van der Waals surface area contributed by atoms with Gasteiger partial charge in [0, 0.05) is 5.56 Å². The van der Waals surface area contributed by atoms with Gasteiger partial charge in [-0.25, -0.2) is 4.98 Å². The van der Waals surface area contributed by atoms with Crippen LogP contribution in [0, 0.1) is 6.92 Å². The van der Waals surface area contributed by atoms with Gasteiger partial charge in [0.1, 0.15) is 5.82 Å². The summed E-state index contributed by atoms with van der Waals surface area (Å²) < 4.78 is 0. The fourth-order valence-electron chi connectivity index (χ4n) is 2.40. The summed E-state index contributed by atoms with van der Waals surface area (Å²) in [6, 6.07) is 16.3. The first-order valence-corrected chi connectivity index (χ1v) is 6.92. The Kier molecular flexibility index (Phi) is 3.79. The van der Waals surface area contributed by atoms with Crippen LogP contribution in [0.1, 0.15) is 22.5 Å². The number of aromatic amines is 1. The molecule has 0 saturated heterocycles. The van der Waals surface area contributed by atoms with E-state index >= 15 is 0 Å². The molecule has 4 nitrogen and oxygen atoms in total. The summed E-state index contributed by atoms with van der Waals surface area (Å²) in [5.41, 5.74) is 4.14. The minimum absolute atomic E-state index is 0.0223. The number of hydrogen-bond donors (Lipinski definition) is 2. The average Bonchev–Trinajstić information content (AvgIpc) is 2.94. The average molecular weight is 279 g/mol. The minimum atomic E-state index is -0.0223. The molecular weight excluding hydrogens is 262 g/mol. The molecule has 1 aromatic heterocycles. The van der Waals surface area contributed by atoms with Gasteiger partial charge in [-0.3, -0.25) is 5.10 Å². The van der Waals surface area contributed by atoms with Crippen molar-refractivity contribution in [1.82, 2.24) is 15.2 Å². The number of hydrogen-bond acceptors (Lipinski definition) is 3. The van der Waals surface area contributed by atoms with Gasteiger partial charge in [0.05, 0.1) is 6.61 Å². The monoisotopic (exact) mass is 279 g/mol. The van der Waals surface area contributed by atoms with Crippen LogP contribution in [0.15, 0.2) is 48.5 Å². The Hall–Kier alpha value is -2.46. The molecule has 4 heteroatoms. The lowest BCUT2D eigenvalue weighted by atomic mass is 9.99. The quantitative estimate of drug-likeness (QED) is 0.772. The summed E-state index contributed by atoms with van der Waals surface area (Å²) in [6.07, 6.45) is 0.848. The van der Waals surface area contributed by atoms with Gasteiger partial charge < -0.3 is 5.11 Å². The number of aliphatic hydroxyl groups is 1. The highest BCUT2D eigenvalue weighted by atomic mass is 16.3. The maximum atomic E-state index is 9.61. The molecule has 0 radical (unpaired) electrons. The third kappa shape index (κ3) is 3.01. The van der Waals surface area contributed by atoms with E-state index in [4.69, 9.17) is 0 Å². The van der Waals surface area contributed by atoms with Gasteiger partial charge in [-0.2, -0.15) is 5.10 Å². The number of aliphatic hydroxyl groups excluding tert-OH is 1. The number of benzene rings is 2.